The van der Waals surface area contributed by atoms with Gasteiger partial charge in [-0.15, -0.1) is 11.3 Å². The predicted molar refractivity (Wildman–Crippen MR) is 101 cm³/mol. The number of fused-ring (bicyclic) bond motifs is 1. The van der Waals surface area contributed by atoms with Gasteiger partial charge in [-0.1, -0.05) is 6.92 Å². The number of hydrogen-bond donors (Lipinski definition) is 1. The van der Waals surface area contributed by atoms with Gasteiger partial charge >= 0.3 is 0 Å². The van der Waals surface area contributed by atoms with Crippen LogP contribution < -0.4 is 5.32 Å². The molecule has 132 valence electrons. The molecule has 25 heavy (non-hydrogen) atoms. The fourth-order valence-corrected chi connectivity index (χ4v) is 3.92. The summed E-state index contributed by atoms with van der Waals surface area (Å²) in [6, 6.07) is 6.20. The van der Waals surface area contributed by atoms with Crippen molar-refractivity contribution in [1.29, 1.82) is 0 Å². The van der Waals surface area contributed by atoms with Gasteiger partial charge < -0.3 is 5.32 Å². The first-order chi connectivity index (χ1) is 12.0. The second-order valence-corrected chi connectivity index (χ2v) is 7.57. The molecule has 0 aliphatic heterocycles. The number of thiophene rings is 1. The Kier molecular flexibility index (Phi) is 5.18. The molecule has 1 amide bonds. The third kappa shape index (κ3) is 3.90. The molecule has 3 aromatic heterocycles. The van der Waals surface area contributed by atoms with Gasteiger partial charge in [-0.05, 0) is 51.3 Å². The molecule has 3 aromatic rings. The van der Waals surface area contributed by atoms with Gasteiger partial charge in [-0.2, -0.15) is 5.10 Å². The van der Waals surface area contributed by atoms with Gasteiger partial charge in [0.2, 0.25) is 5.91 Å². The fraction of sp³-hybridized carbons (Fsp3) is 0.421. The van der Waals surface area contributed by atoms with E-state index < -0.39 is 0 Å². The maximum absolute atomic E-state index is 12.2. The monoisotopic (exact) mass is 356 g/mol. The molecule has 0 unspecified atom stereocenters. The number of rotatable bonds is 6. The molecule has 1 N–H and O–H groups in total. The van der Waals surface area contributed by atoms with E-state index in [0.29, 0.717) is 19.4 Å². The molecule has 5 nitrogen and oxygen atoms in total. The highest BCUT2D eigenvalue weighted by molar-refractivity contribution is 7.11. The topological polar surface area (TPSA) is 59.3 Å². The van der Waals surface area contributed by atoms with E-state index in [-0.39, 0.29) is 5.91 Å². The van der Waals surface area contributed by atoms with Crippen LogP contribution in [0.5, 0.6) is 0 Å². The molecule has 3 heterocycles. The molecular formula is C19H24N4OS. The number of carbonyl (C=O) groups excluding carboxylic acids is 1. The van der Waals surface area contributed by atoms with Crippen LogP contribution in [-0.4, -0.2) is 20.5 Å². The third-order valence-corrected chi connectivity index (χ3v) is 5.64. The minimum atomic E-state index is 0.0713. The van der Waals surface area contributed by atoms with E-state index in [1.54, 1.807) is 11.3 Å². The number of amides is 1. The second-order valence-electron chi connectivity index (χ2n) is 6.32. The summed E-state index contributed by atoms with van der Waals surface area (Å²) in [6.45, 7) is 8.76. The molecule has 0 fully saturated rings. The molecule has 0 aliphatic carbocycles. The predicted octanol–water partition coefficient (Wildman–Crippen LogP) is 3.53. The van der Waals surface area contributed by atoms with Crippen LogP contribution >= 0.6 is 11.3 Å². The van der Waals surface area contributed by atoms with Crippen molar-refractivity contribution in [2.24, 2.45) is 0 Å². The zero-order chi connectivity index (χ0) is 18.0. The van der Waals surface area contributed by atoms with E-state index in [9.17, 15) is 4.79 Å². The van der Waals surface area contributed by atoms with Crippen LogP contribution in [-0.2, 0) is 24.2 Å². The van der Waals surface area contributed by atoms with Crippen molar-refractivity contribution in [1.82, 2.24) is 19.9 Å². The Morgan fingerprint density at radius 2 is 2.00 bits per heavy atom. The van der Waals surface area contributed by atoms with Crippen molar-refractivity contribution in [2.45, 2.75) is 53.5 Å². The largest absolute Gasteiger partial charge is 0.351 e. The molecule has 3 rings (SSSR count). The van der Waals surface area contributed by atoms with Crippen molar-refractivity contribution >= 4 is 22.9 Å². The van der Waals surface area contributed by atoms with Crippen molar-refractivity contribution in [3.63, 3.8) is 0 Å². The zero-order valence-electron chi connectivity index (χ0n) is 15.2. The van der Waals surface area contributed by atoms with Gasteiger partial charge in [0.05, 0.1) is 12.2 Å². The molecule has 0 saturated heterocycles. The van der Waals surface area contributed by atoms with E-state index in [1.807, 2.05) is 31.4 Å². The molecular weight excluding hydrogens is 332 g/mol. The molecule has 0 radical (unpaired) electrons. The van der Waals surface area contributed by atoms with Gasteiger partial charge in [0, 0.05) is 33.6 Å². The standard InChI is InChI=1S/C19H24N4OS/c1-5-15-6-7-16(25-15)11-20-19(24)9-8-17-13(3)21-18-10-12(2)22-23(18)14(17)4/h6-7,10H,5,8-9,11H2,1-4H3,(H,20,24). The molecule has 0 saturated carbocycles. The van der Waals surface area contributed by atoms with E-state index in [4.69, 9.17) is 0 Å². The highest BCUT2D eigenvalue weighted by Gasteiger charge is 2.13. The van der Waals surface area contributed by atoms with Gasteiger partial charge in [0.25, 0.3) is 0 Å². The minimum absolute atomic E-state index is 0.0713. The molecule has 0 bridgehead atoms. The Labute approximate surface area is 152 Å². The lowest BCUT2D eigenvalue weighted by Crippen LogP contribution is -2.23. The lowest BCUT2D eigenvalue weighted by atomic mass is 10.1. The third-order valence-electron chi connectivity index (χ3n) is 4.41. The van der Waals surface area contributed by atoms with Crippen LogP contribution in [0.4, 0.5) is 0 Å². The molecule has 0 aliphatic rings. The Morgan fingerprint density at radius 1 is 1.24 bits per heavy atom. The van der Waals surface area contributed by atoms with Crippen LogP contribution in [0.15, 0.2) is 18.2 Å². The number of nitrogens with zero attached hydrogens (tertiary/aromatic N) is 3. The number of hydrogen-bond acceptors (Lipinski definition) is 4. The van der Waals surface area contributed by atoms with E-state index in [1.165, 1.54) is 9.75 Å². The lowest BCUT2D eigenvalue weighted by Gasteiger charge is -2.11. The highest BCUT2D eigenvalue weighted by Crippen LogP contribution is 2.18. The zero-order valence-corrected chi connectivity index (χ0v) is 16.0. The average molecular weight is 356 g/mol. The van der Waals surface area contributed by atoms with Gasteiger partial charge in [-0.25, -0.2) is 9.50 Å². The Bertz CT molecular complexity index is 910. The number of carbonyl (C=O) groups is 1. The molecule has 0 aromatic carbocycles. The van der Waals surface area contributed by atoms with E-state index in [2.05, 4.69) is 34.5 Å². The number of aryl methyl sites for hydroxylation is 4. The first-order valence-electron chi connectivity index (χ1n) is 8.64. The highest BCUT2D eigenvalue weighted by atomic mass is 32.1. The number of aromatic nitrogens is 3. The van der Waals surface area contributed by atoms with Crippen molar-refractivity contribution in [3.8, 4) is 0 Å². The first kappa shape index (κ1) is 17.6. The average Bonchev–Trinajstić information content (AvgIpc) is 3.18. The van der Waals surface area contributed by atoms with Crippen LogP contribution in [0, 0.1) is 20.8 Å². The van der Waals surface area contributed by atoms with Crippen molar-refractivity contribution in [2.75, 3.05) is 0 Å². The molecule has 6 heteroatoms. The summed E-state index contributed by atoms with van der Waals surface area (Å²) >= 11 is 1.76. The fourth-order valence-electron chi connectivity index (χ4n) is 3.02. The van der Waals surface area contributed by atoms with Crippen LogP contribution in [0.1, 0.15) is 45.7 Å². The van der Waals surface area contributed by atoms with Crippen LogP contribution in [0.3, 0.4) is 0 Å². The normalized spacial score (nSPS) is 11.2. The quantitative estimate of drug-likeness (QED) is 0.735. The summed E-state index contributed by atoms with van der Waals surface area (Å²) in [6.07, 6.45) is 2.18. The van der Waals surface area contributed by atoms with E-state index >= 15 is 0 Å². The van der Waals surface area contributed by atoms with Gasteiger partial charge in [0.15, 0.2) is 5.65 Å². The van der Waals surface area contributed by atoms with Crippen molar-refractivity contribution in [3.05, 3.63) is 50.6 Å². The van der Waals surface area contributed by atoms with Crippen LogP contribution in [0.2, 0.25) is 0 Å². The van der Waals surface area contributed by atoms with Gasteiger partial charge in [-0.3, -0.25) is 4.79 Å². The SMILES string of the molecule is CCc1ccc(CNC(=O)CCc2c(C)nc3cc(C)nn3c2C)s1. The summed E-state index contributed by atoms with van der Waals surface area (Å²) < 4.78 is 1.87. The molecule has 0 spiro atoms. The Hall–Kier alpha value is -2.21. The summed E-state index contributed by atoms with van der Waals surface area (Å²) in [5.41, 5.74) is 4.96. The Balaban J connectivity index is 1.62. The summed E-state index contributed by atoms with van der Waals surface area (Å²) in [4.78, 5) is 19.4. The maximum Gasteiger partial charge on any atom is 0.220 e. The lowest BCUT2D eigenvalue weighted by molar-refractivity contribution is -0.121. The van der Waals surface area contributed by atoms with Gasteiger partial charge in [0.1, 0.15) is 0 Å². The van der Waals surface area contributed by atoms with Crippen molar-refractivity contribution < 1.29 is 4.79 Å². The maximum atomic E-state index is 12.2. The van der Waals surface area contributed by atoms with E-state index in [0.717, 1.165) is 34.7 Å². The first-order valence-corrected chi connectivity index (χ1v) is 9.46. The smallest absolute Gasteiger partial charge is 0.220 e. The van der Waals surface area contributed by atoms with Crippen LogP contribution in [0.25, 0.3) is 5.65 Å². The minimum Gasteiger partial charge on any atom is -0.351 e. The summed E-state index contributed by atoms with van der Waals surface area (Å²) in [5, 5.41) is 7.50. The number of nitrogens with one attached hydrogen (secondary N) is 1. The summed E-state index contributed by atoms with van der Waals surface area (Å²) in [5.74, 6) is 0.0713. The second kappa shape index (κ2) is 7.35. The summed E-state index contributed by atoms with van der Waals surface area (Å²) in [7, 11) is 0. The Morgan fingerprint density at radius 3 is 2.72 bits per heavy atom. The molecule has 0 atom stereocenters.